The molecule has 0 bridgehead atoms. The van der Waals surface area contributed by atoms with Crippen molar-refractivity contribution in [3.8, 4) is 0 Å². The maximum atomic E-state index is 13.7. The number of nitrogens with zero attached hydrogens (tertiary/aromatic N) is 3. The topological polar surface area (TPSA) is 143 Å². The highest BCUT2D eigenvalue weighted by Crippen LogP contribution is 2.30. The third-order valence-electron chi connectivity index (χ3n) is 6.46. The second-order valence-electron chi connectivity index (χ2n) is 9.34. The van der Waals surface area contributed by atoms with Crippen molar-refractivity contribution in [2.24, 2.45) is 0 Å². The number of fused-ring (bicyclic) bond motifs is 1. The lowest BCUT2D eigenvalue weighted by atomic mass is 10.1. The molecule has 2 amide bonds. The molecule has 0 unspecified atom stereocenters. The molecule has 0 spiro atoms. The zero-order valence-corrected chi connectivity index (χ0v) is 22.3. The lowest BCUT2D eigenvalue weighted by molar-refractivity contribution is 0.102. The molecule has 11 nitrogen and oxygen atoms in total. The summed E-state index contributed by atoms with van der Waals surface area (Å²) in [6.07, 6.45) is 1.85. The van der Waals surface area contributed by atoms with E-state index in [4.69, 9.17) is 0 Å². The number of aromatic amines is 2. The van der Waals surface area contributed by atoms with Gasteiger partial charge in [-0.05, 0) is 42.5 Å². The fourth-order valence-corrected chi connectivity index (χ4v) is 5.81. The van der Waals surface area contributed by atoms with Crippen molar-refractivity contribution >= 4 is 39.0 Å². The van der Waals surface area contributed by atoms with E-state index >= 15 is 0 Å². The predicted octanol–water partition coefficient (Wildman–Crippen LogP) is 3.33. The quantitative estimate of drug-likeness (QED) is 0.269. The minimum Gasteiger partial charge on any atom is -0.378 e. The van der Waals surface area contributed by atoms with Crippen molar-refractivity contribution in [3.05, 3.63) is 88.9 Å². The first-order valence-corrected chi connectivity index (χ1v) is 13.6. The maximum absolute atomic E-state index is 13.7. The summed E-state index contributed by atoms with van der Waals surface area (Å²) in [6, 6.07) is 10.3. The van der Waals surface area contributed by atoms with E-state index in [1.807, 2.05) is 19.0 Å². The van der Waals surface area contributed by atoms with E-state index in [-0.39, 0.29) is 36.6 Å². The number of carbonyl (C=O) groups is 2. The Morgan fingerprint density at radius 1 is 1.02 bits per heavy atom. The number of aromatic nitrogens is 3. The summed E-state index contributed by atoms with van der Waals surface area (Å²) in [5, 5.41) is 12.4. The van der Waals surface area contributed by atoms with Crippen LogP contribution in [-0.4, -0.2) is 60.4 Å². The number of benzene rings is 2. The number of rotatable bonds is 7. The Labute approximate surface area is 228 Å². The molecule has 5 rings (SSSR count). The molecule has 2 aromatic heterocycles. The van der Waals surface area contributed by atoms with Gasteiger partial charge in [-0.2, -0.15) is 9.40 Å². The van der Waals surface area contributed by atoms with Gasteiger partial charge in [-0.1, -0.05) is 0 Å². The Morgan fingerprint density at radius 3 is 2.45 bits per heavy atom. The van der Waals surface area contributed by atoms with Gasteiger partial charge in [0.2, 0.25) is 10.0 Å². The summed E-state index contributed by atoms with van der Waals surface area (Å²) in [5.74, 6) is -2.95. The van der Waals surface area contributed by atoms with E-state index < -0.39 is 38.4 Å². The predicted molar refractivity (Wildman–Crippen MR) is 144 cm³/mol. The summed E-state index contributed by atoms with van der Waals surface area (Å²) in [5.41, 5.74) is 2.49. The first-order chi connectivity index (χ1) is 19.0. The molecule has 3 heterocycles. The summed E-state index contributed by atoms with van der Waals surface area (Å²) < 4.78 is 54.8. The summed E-state index contributed by atoms with van der Waals surface area (Å²) >= 11 is 0. The normalized spacial score (nSPS) is 13.5. The summed E-state index contributed by atoms with van der Waals surface area (Å²) in [7, 11) is -0.598. The van der Waals surface area contributed by atoms with Gasteiger partial charge in [0.15, 0.2) is 5.82 Å². The molecule has 4 aromatic rings. The smallest absolute Gasteiger partial charge is 0.272 e. The number of carbonyl (C=O) groups excluding carboxylic acids is 2. The van der Waals surface area contributed by atoms with Crippen molar-refractivity contribution in [3.63, 3.8) is 0 Å². The Hall–Kier alpha value is -4.56. The molecule has 0 atom stereocenters. The van der Waals surface area contributed by atoms with Crippen LogP contribution in [0.2, 0.25) is 0 Å². The monoisotopic (exact) mass is 569 g/mol. The van der Waals surface area contributed by atoms with E-state index in [1.165, 1.54) is 0 Å². The van der Waals surface area contributed by atoms with Crippen LogP contribution in [0.1, 0.15) is 32.1 Å². The zero-order chi connectivity index (χ0) is 28.6. The Morgan fingerprint density at radius 2 is 1.77 bits per heavy atom. The van der Waals surface area contributed by atoms with E-state index in [1.54, 1.807) is 36.5 Å². The fourth-order valence-electron chi connectivity index (χ4n) is 4.35. The first kappa shape index (κ1) is 27.0. The van der Waals surface area contributed by atoms with Gasteiger partial charge in [-0.15, -0.1) is 0 Å². The standard InChI is InChI=1S/C26H25F2N7O4S/c1-34(2)17-5-6-19(23(13-17)30-26(37)22-4-3-8-29-22)25(36)31-24-20-14-35(9-7-21(20)32-33-24)40(38,39)18-11-15(27)10-16(28)12-18/h3-6,8,10-13,29H,7,9,14H2,1-2H3,(H,30,37)(H2,31,32,33,36). The molecular formula is C26H25F2N7O4S. The van der Waals surface area contributed by atoms with Gasteiger partial charge >= 0.3 is 0 Å². The molecule has 0 radical (unpaired) electrons. The third kappa shape index (κ3) is 5.31. The number of hydrogen-bond acceptors (Lipinski definition) is 6. The van der Waals surface area contributed by atoms with E-state index in [0.717, 1.165) is 22.1 Å². The van der Waals surface area contributed by atoms with Crippen LogP contribution in [-0.2, 0) is 23.0 Å². The maximum Gasteiger partial charge on any atom is 0.272 e. The molecule has 2 aromatic carbocycles. The van der Waals surface area contributed by atoms with Gasteiger partial charge in [0.05, 0.1) is 16.1 Å². The number of H-pyrrole nitrogens is 2. The van der Waals surface area contributed by atoms with Crippen LogP contribution in [0, 0.1) is 11.6 Å². The molecule has 0 fully saturated rings. The van der Waals surface area contributed by atoms with Crippen molar-refractivity contribution in [1.82, 2.24) is 19.5 Å². The van der Waals surface area contributed by atoms with Crippen molar-refractivity contribution in [2.75, 3.05) is 36.2 Å². The van der Waals surface area contributed by atoms with Gasteiger partial charge in [0.25, 0.3) is 11.8 Å². The van der Waals surface area contributed by atoms with Crippen LogP contribution in [0.15, 0.2) is 59.6 Å². The molecule has 0 saturated heterocycles. The highest BCUT2D eigenvalue weighted by molar-refractivity contribution is 7.89. The van der Waals surface area contributed by atoms with E-state index in [2.05, 4.69) is 25.8 Å². The molecule has 208 valence electrons. The van der Waals surface area contributed by atoms with Gasteiger partial charge in [-0.25, -0.2) is 17.2 Å². The average molecular weight is 570 g/mol. The Balaban J connectivity index is 1.41. The molecule has 14 heteroatoms. The second kappa shape index (κ2) is 10.5. The molecular weight excluding hydrogens is 544 g/mol. The van der Waals surface area contributed by atoms with Crippen LogP contribution in [0.5, 0.6) is 0 Å². The molecule has 0 saturated carbocycles. The lowest BCUT2D eigenvalue weighted by Gasteiger charge is -2.26. The van der Waals surface area contributed by atoms with Crippen molar-refractivity contribution in [2.45, 2.75) is 17.9 Å². The highest BCUT2D eigenvalue weighted by atomic mass is 32.2. The molecule has 1 aliphatic rings. The first-order valence-electron chi connectivity index (χ1n) is 12.1. The Bertz CT molecular complexity index is 1680. The number of nitrogens with one attached hydrogen (secondary N) is 4. The van der Waals surface area contributed by atoms with Gasteiger partial charge in [0, 0.05) is 62.8 Å². The third-order valence-corrected chi connectivity index (χ3v) is 8.28. The van der Waals surface area contributed by atoms with E-state index in [0.29, 0.717) is 23.0 Å². The van der Waals surface area contributed by atoms with Crippen LogP contribution in [0.25, 0.3) is 0 Å². The second-order valence-corrected chi connectivity index (χ2v) is 11.3. The van der Waals surface area contributed by atoms with Gasteiger partial charge in [-0.3, -0.25) is 14.7 Å². The minimum atomic E-state index is -4.24. The summed E-state index contributed by atoms with van der Waals surface area (Å²) in [6.45, 7) is -0.137. The molecule has 4 N–H and O–H groups in total. The van der Waals surface area contributed by atoms with Gasteiger partial charge in [0.1, 0.15) is 17.3 Å². The average Bonchev–Trinajstić information content (AvgIpc) is 3.58. The largest absolute Gasteiger partial charge is 0.378 e. The van der Waals surface area contributed by atoms with Crippen LogP contribution >= 0.6 is 0 Å². The number of amides is 2. The van der Waals surface area contributed by atoms with Crippen LogP contribution in [0.4, 0.5) is 26.0 Å². The number of sulfonamides is 1. The number of anilines is 3. The number of halogens is 2. The minimum absolute atomic E-state index is 0.0456. The molecule has 0 aliphatic carbocycles. The Kier molecular flexibility index (Phi) is 7.12. The SMILES string of the molecule is CN(C)c1ccc(C(=O)Nc2n[nH]c3c2CN(S(=O)(=O)c2cc(F)cc(F)c2)CC3)c(NC(=O)c2ccc[nH]2)c1. The van der Waals surface area contributed by atoms with Crippen molar-refractivity contribution < 1.29 is 26.8 Å². The molecule has 1 aliphatic heterocycles. The van der Waals surface area contributed by atoms with Crippen LogP contribution in [0.3, 0.4) is 0 Å². The fraction of sp³-hybridized carbons (Fsp3) is 0.192. The van der Waals surface area contributed by atoms with Gasteiger partial charge < -0.3 is 20.5 Å². The van der Waals surface area contributed by atoms with Crippen LogP contribution < -0.4 is 15.5 Å². The highest BCUT2D eigenvalue weighted by Gasteiger charge is 2.32. The lowest BCUT2D eigenvalue weighted by Crippen LogP contribution is -2.36. The van der Waals surface area contributed by atoms with E-state index in [9.17, 15) is 26.8 Å². The zero-order valence-electron chi connectivity index (χ0n) is 21.5. The molecule has 40 heavy (non-hydrogen) atoms. The van der Waals surface area contributed by atoms with Crippen molar-refractivity contribution in [1.29, 1.82) is 0 Å². The number of hydrogen-bond donors (Lipinski definition) is 4. The summed E-state index contributed by atoms with van der Waals surface area (Å²) in [4.78, 5) is 30.2.